The molecule has 3 rings (SSSR count). The van der Waals surface area contributed by atoms with Gasteiger partial charge in [-0.1, -0.05) is 0 Å². The average molecular weight is 333 g/mol. The van der Waals surface area contributed by atoms with Gasteiger partial charge in [-0.3, -0.25) is 14.5 Å². The second kappa shape index (κ2) is 6.59. The number of furan rings is 1. The van der Waals surface area contributed by atoms with E-state index in [1.54, 1.807) is 11.2 Å². The maximum atomic E-state index is 12.8. The van der Waals surface area contributed by atoms with Crippen LogP contribution in [0, 0.1) is 5.92 Å². The largest absolute Gasteiger partial charge is 0.467 e. The van der Waals surface area contributed by atoms with Crippen molar-refractivity contribution in [2.24, 2.45) is 5.92 Å². The zero-order valence-corrected chi connectivity index (χ0v) is 14.8. The maximum Gasteiger partial charge on any atom is 0.228 e. The molecular weight excluding hydrogens is 306 g/mol. The van der Waals surface area contributed by atoms with Crippen LogP contribution in [0.4, 0.5) is 0 Å². The Kier molecular flexibility index (Phi) is 4.67. The van der Waals surface area contributed by atoms with Crippen LogP contribution in [0.25, 0.3) is 0 Å². The van der Waals surface area contributed by atoms with Gasteiger partial charge in [0.25, 0.3) is 0 Å². The summed E-state index contributed by atoms with van der Waals surface area (Å²) in [6.45, 7) is 10.8. The molecule has 0 radical (unpaired) electrons. The normalized spacial score (nSPS) is 23.1. The van der Waals surface area contributed by atoms with E-state index >= 15 is 0 Å². The highest BCUT2D eigenvalue weighted by Gasteiger charge is 2.38. The molecule has 3 heterocycles. The lowest BCUT2D eigenvalue weighted by Crippen LogP contribution is -2.55. The number of carbonyl (C=O) groups is 2. The van der Waals surface area contributed by atoms with E-state index in [1.807, 2.05) is 17.0 Å². The molecule has 1 atom stereocenters. The molecule has 6 nitrogen and oxygen atoms in total. The van der Waals surface area contributed by atoms with Crippen LogP contribution in [0.2, 0.25) is 0 Å². The Balaban J connectivity index is 1.54. The Morgan fingerprint density at radius 3 is 2.54 bits per heavy atom. The molecule has 0 aliphatic carbocycles. The fourth-order valence-electron chi connectivity index (χ4n) is 3.54. The average Bonchev–Trinajstić information content (AvgIpc) is 3.17. The van der Waals surface area contributed by atoms with Crippen molar-refractivity contribution < 1.29 is 14.0 Å². The van der Waals surface area contributed by atoms with Gasteiger partial charge in [-0.15, -0.1) is 0 Å². The summed E-state index contributed by atoms with van der Waals surface area (Å²) < 4.78 is 5.30. The van der Waals surface area contributed by atoms with Crippen LogP contribution < -0.4 is 0 Å². The number of nitrogens with zero attached hydrogens (tertiary/aromatic N) is 3. The number of hydrogen-bond acceptors (Lipinski definition) is 4. The number of rotatable bonds is 3. The highest BCUT2D eigenvalue weighted by Crippen LogP contribution is 2.24. The molecule has 0 aromatic carbocycles. The molecule has 2 saturated heterocycles. The number of likely N-dealkylation sites (tertiary alicyclic amines) is 1. The van der Waals surface area contributed by atoms with E-state index in [-0.39, 0.29) is 23.3 Å². The van der Waals surface area contributed by atoms with E-state index in [0.717, 1.165) is 31.9 Å². The second-order valence-electron chi connectivity index (χ2n) is 7.74. The second-order valence-corrected chi connectivity index (χ2v) is 7.74. The van der Waals surface area contributed by atoms with Gasteiger partial charge in [-0.25, -0.2) is 0 Å². The molecule has 24 heavy (non-hydrogen) atoms. The van der Waals surface area contributed by atoms with Gasteiger partial charge in [0.1, 0.15) is 5.76 Å². The zero-order chi connectivity index (χ0) is 17.3. The van der Waals surface area contributed by atoms with E-state index in [4.69, 9.17) is 4.42 Å². The zero-order valence-electron chi connectivity index (χ0n) is 14.8. The first-order valence-electron chi connectivity index (χ1n) is 8.68. The summed E-state index contributed by atoms with van der Waals surface area (Å²) in [5.74, 6) is 0.709. The first-order valence-corrected chi connectivity index (χ1v) is 8.68. The Labute approximate surface area is 143 Å². The summed E-state index contributed by atoms with van der Waals surface area (Å²) in [5.41, 5.74) is 0.137. The minimum atomic E-state index is -0.214. The highest BCUT2D eigenvalue weighted by molar-refractivity contribution is 5.89. The van der Waals surface area contributed by atoms with E-state index in [9.17, 15) is 9.59 Å². The molecule has 0 saturated carbocycles. The third kappa shape index (κ3) is 3.64. The van der Waals surface area contributed by atoms with Crippen molar-refractivity contribution in [1.82, 2.24) is 14.7 Å². The van der Waals surface area contributed by atoms with Gasteiger partial charge < -0.3 is 14.2 Å². The molecule has 2 aliphatic heterocycles. The van der Waals surface area contributed by atoms with Gasteiger partial charge in [0.2, 0.25) is 11.8 Å². The monoisotopic (exact) mass is 333 g/mol. The van der Waals surface area contributed by atoms with E-state index in [2.05, 4.69) is 25.7 Å². The first-order chi connectivity index (χ1) is 11.3. The van der Waals surface area contributed by atoms with E-state index in [0.29, 0.717) is 19.5 Å². The molecular formula is C18H27N3O3. The van der Waals surface area contributed by atoms with Crippen molar-refractivity contribution in [1.29, 1.82) is 0 Å². The molecule has 1 aromatic rings. The molecule has 0 spiro atoms. The Morgan fingerprint density at radius 1 is 1.25 bits per heavy atom. The molecule has 2 aliphatic rings. The van der Waals surface area contributed by atoms with Gasteiger partial charge in [-0.2, -0.15) is 0 Å². The summed E-state index contributed by atoms with van der Waals surface area (Å²) >= 11 is 0. The summed E-state index contributed by atoms with van der Waals surface area (Å²) in [4.78, 5) is 31.0. The summed E-state index contributed by atoms with van der Waals surface area (Å²) in [6.07, 6.45) is 1.92. The van der Waals surface area contributed by atoms with E-state index < -0.39 is 0 Å². The minimum Gasteiger partial charge on any atom is -0.467 e. The topological polar surface area (TPSA) is 57.0 Å². The fraction of sp³-hybridized carbons (Fsp3) is 0.667. The third-order valence-corrected chi connectivity index (χ3v) is 5.03. The van der Waals surface area contributed by atoms with E-state index in [1.165, 1.54) is 0 Å². The van der Waals surface area contributed by atoms with Crippen LogP contribution >= 0.6 is 0 Å². The minimum absolute atomic E-state index is 0.0399. The summed E-state index contributed by atoms with van der Waals surface area (Å²) in [5, 5.41) is 0. The molecule has 0 bridgehead atoms. The maximum absolute atomic E-state index is 12.8. The van der Waals surface area contributed by atoms with Gasteiger partial charge in [0, 0.05) is 44.7 Å². The summed E-state index contributed by atoms with van der Waals surface area (Å²) in [6, 6.07) is 3.67. The number of amides is 2. The standard InChI is InChI=1S/C18H27N3O3/c1-18(2,3)21-8-6-19(7-9-21)17(23)14-11-16(22)20(12-14)13-15-5-4-10-24-15/h4-5,10,14H,6-9,11-13H2,1-3H3/t14-/m0/s1. The van der Waals surface area contributed by atoms with Crippen LogP contribution in [-0.2, 0) is 16.1 Å². The van der Waals surface area contributed by atoms with Crippen LogP contribution in [0.15, 0.2) is 22.8 Å². The van der Waals surface area contributed by atoms with Gasteiger partial charge >= 0.3 is 0 Å². The van der Waals surface area contributed by atoms with Gasteiger partial charge in [0.05, 0.1) is 18.7 Å². The van der Waals surface area contributed by atoms with Crippen LogP contribution in [0.5, 0.6) is 0 Å². The van der Waals surface area contributed by atoms with Crippen molar-refractivity contribution in [3.63, 3.8) is 0 Å². The molecule has 132 valence electrons. The SMILES string of the molecule is CC(C)(C)N1CCN(C(=O)[C@H]2CC(=O)N(Cc3ccco3)C2)CC1. The predicted octanol–water partition coefficient (Wildman–Crippen LogP) is 1.57. The van der Waals surface area contributed by atoms with Crippen LogP contribution in [0.1, 0.15) is 33.0 Å². The Hall–Kier alpha value is -1.82. The molecule has 2 fully saturated rings. The predicted molar refractivity (Wildman–Crippen MR) is 90.1 cm³/mol. The van der Waals surface area contributed by atoms with Gasteiger partial charge in [0.15, 0.2) is 0 Å². The molecule has 6 heteroatoms. The molecule has 2 amide bonds. The van der Waals surface area contributed by atoms with Crippen LogP contribution in [-0.4, -0.2) is 64.8 Å². The Bertz CT molecular complexity index is 583. The number of piperazine rings is 1. The smallest absolute Gasteiger partial charge is 0.228 e. The van der Waals surface area contributed by atoms with Crippen molar-refractivity contribution in [2.45, 2.75) is 39.3 Å². The quantitative estimate of drug-likeness (QED) is 0.842. The third-order valence-electron chi connectivity index (χ3n) is 5.03. The Morgan fingerprint density at radius 2 is 1.96 bits per heavy atom. The number of hydrogen-bond donors (Lipinski definition) is 0. The van der Waals surface area contributed by atoms with Crippen molar-refractivity contribution in [3.05, 3.63) is 24.2 Å². The lowest BCUT2D eigenvalue weighted by atomic mass is 10.0. The lowest BCUT2D eigenvalue weighted by molar-refractivity contribution is -0.138. The number of carbonyl (C=O) groups excluding carboxylic acids is 2. The van der Waals surface area contributed by atoms with Gasteiger partial charge in [-0.05, 0) is 32.9 Å². The highest BCUT2D eigenvalue weighted by atomic mass is 16.3. The molecule has 0 N–H and O–H groups in total. The lowest BCUT2D eigenvalue weighted by Gasteiger charge is -2.42. The first kappa shape index (κ1) is 17.0. The van der Waals surface area contributed by atoms with Crippen molar-refractivity contribution >= 4 is 11.8 Å². The van der Waals surface area contributed by atoms with Crippen LogP contribution in [0.3, 0.4) is 0 Å². The fourth-order valence-corrected chi connectivity index (χ4v) is 3.54. The molecule has 1 aromatic heterocycles. The van der Waals surface area contributed by atoms with Crippen molar-refractivity contribution in [3.8, 4) is 0 Å². The van der Waals surface area contributed by atoms with Crippen molar-refractivity contribution in [2.75, 3.05) is 32.7 Å². The summed E-state index contributed by atoms with van der Waals surface area (Å²) in [7, 11) is 0. The molecule has 0 unspecified atom stereocenters.